The summed E-state index contributed by atoms with van der Waals surface area (Å²) in [6, 6.07) is 7.70. The zero-order valence-corrected chi connectivity index (χ0v) is 23.5. The Balaban J connectivity index is 0.000000143. The molecule has 0 spiro atoms. The molecule has 0 amide bonds. The van der Waals surface area contributed by atoms with Gasteiger partial charge in [0.25, 0.3) is 0 Å². The lowest BCUT2D eigenvalue weighted by atomic mass is 10.3. The maximum Gasteiger partial charge on any atom is 0.155 e. The smallest absolute Gasteiger partial charge is 0.155 e. The van der Waals surface area contributed by atoms with E-state index in [1.807, 2.05) is 24.3 Å². The summed E-state index contributed by atoms with van der Waals surface area (Å²) in [5, 5.41) is 0. The number of aromatic nitrogens is 6. The van der Waals surface area contributed by atoms with Crippen LogP contribution in [0.15, 0.2) is 73.8 Å². The predicted molar refractivity (Wildman–Crippen MR) is 148 cm³/mol. The van der Waals surface area contributed by atoms with Crippen molar-refractivity contribution in [2.24, 2.45) is 0 Å². The van der Waals surface area contributed by atoms with E-state index in [-0.39, 0.29) is 10.7 Å². The Labute approximate surface area is 233 Å². The Bertz CT molecular complexity index is 1130. The number of hydrogen-bond donors (Lipinski definition) is 2. The summed E-state index contributed by atoms with van der Waals surface area (Å²) in [4.78, 5) is 22.1. The lowest BCUT2D eigenvalue weighted by Crippen LogP contribution is -2.01. The quantitative estimate of drug-likeness (QED) is 0.116. The molecule has 0 aliphatic heterocycles. The van der Waals surface area contributed by atoms with E-state index in [1.54, 1.807) is 49.6 Å². The van der Waals surface area contributed by atoms with Crippen molar-refractivity contribution >= 4 is 67.8 Å². The van der Waals surface area contributed by atoms with Crippen LogP contribution in [0.2, 0.25) is 0 Å². The molecule has 4 aromatic heterocycles. The molecule has 0 unspecified atom stereocenters. The number of aromatic amines is 2. The van der Waals surface area contributed by atoms with E-state index in [9.17, 15) is 13.2 Å². The Morgan fingerprint density at radius 1 is 0.588 bits per heavy atom. The highest BCUT2D eigenvalue weighted by molar-refractivity contribution is 14.1. The lowest BCUT2D eigenvalue weighted by Gasteiger charge is -2.03. The molecule has 0 fully saturated rings. The Kier molecular flexibility index (Phi) is 10.2. The van der Waals surface area contributed by atoms with Crippen LogP contribution in [0.4, 0.5) is 13.2 Å². The first-order chi connectivity index (χ1) is 16.4. The number of rotatable bonds is 2. The van der Waals surface area contributed by atoms with E-state index in [4.69, 9.17) is 0 Å². The van der Waals surface area contributed by atoms with Gasteiger partial charge in [-0.2, -0.15) is 0 Å². The molecule has 0 atom stereocenters. The highest BCUT2D eigenvalue weighted by Gasteiger charge is 2.20. The summed E-state index contributed by atoms with van der Waals surface area (Å²) in [7, 11) is 0. The second kappa shape index (κ2) is 13.1. The summed E-state index contributed by atoms with van der Waals surface area (Å²) < 4.78 is 38.3. The maximum absolute atomic E-state index is 12.9. The van der Waals surface area contributed by atoms with Crippen molar-refractivity contribution in [1.82, 2.24) is 29.9 Å². The fourth-order valence-corrected chi connectivity index (χ4v) is 5.60. The van der Waals surface area contributed by atoms with Crippen LogP contribution in [0.5, 0.6) is 0 Å². The maximum atomic E-state index is 12.9. The van der Waals surface area contributed by atoms with Gasteiger partial charge < -0.3 is 9.97 Å². The van der Waals surface area contributed by atoms with E-state index >= 15 is 0 Å². The van der Waals surface area contributed by atoms with Crippen LogP contribution in [0, 0.1) is 28.2 Å². The van der Waals surface area contributed by atoms with E-state index in [1.165, 1.54) is 67.8 Å². The van der Waals surface area contributed by atoms with Crippen molar-refractivity contribution in [3.8, 4) is 22.8 Å². The molecule has 0 aliphatic carbocycles. The zero-order valence-electron chi connectivity index (χ0n) is 17.0. The molecule has 1 aromatic carbocycles. The molecule has 5 rings (SSSR count). The van der Waals surface area contributed by atoms with Crippen LogP contribution in [0.1, 0.15) is 0 Å². The van der Waals surface area contributed by atoms with Gasteiger partial charge in [0.1, 0.15) is 11.6 Å². The number of nitrogens with one attached hydrogen (secondary N) is 2. The molecule has 6 nitrogen and oxygen atoms in total. The third kappa shape index (κ3) is 6.97. The van der Waals surface area contributed by atoms with Crippen LogP contribution in [-0.4, -0.2) is 29.9 Å². The molecule has 0 saturated heterocycles. The second-order valence-electron chi connectivity index (χ2n) is 6.24. The first kappa shape index (κ1) is 26.5. The summed E-state index contributed by atoms with van der Waals surface area (Å²) in [5.74, 6) is -0.763. The number of hydrogen-bond acceptors (Lipinski definition) is 4. The van der Waals surface area contributed by atoms with Crippen molar-refractivity contribution < 1.29 is 13.2 Å². The van der Waals surface area contributed by atoms with Gasteiger partial charge in [-0.15, -0.1) is 0 Å². The monoisotopic (exact) mass is 800 g/mol. The molecule has 12 heteroatoms. The van der Waals surface area contributed by atoms with E-state index in [2.05, 4.69) is 29.9 Å². The Morgan fingerprint density at radius 3 is 1.24 bits per heavy atom. The summed E-state index contributed by atoms with van der Waals surface area (Å²) in [6.45, 7) is 0. The fraction of sp³-hybridized carbons (Fsp3) is 0. The van der Waals surface area contributed by atoms with Gasteiger partial charge in [-0.05, 0) is 92.0 Å². The zero-order chi connectivity index (χ0) is 24.5. The molecular weight excluding hydrogens is 786 g/mol. The highest BCUT2D eigenvalue weighted by atomic mass is 127. The van der Waals surface area contributed by atoms with Crippen LogP contribution in [-0.2, 0) is 0 Å². The van der Waals surface area contributed by atoms with Crippen molar-refractivity contribution in [2.45, 2.75) is 0 Å². The van der Waals surface area contributed by atoms with Crippen LogP contribution >= 0.6 is 67.8 Å². The molecule has 174 valence electrons. The molecule has 5 aromatic rings. The second-order valence-corrected chi connectivity index (χ2v) is 9.48. The number of benzene rings is 1. The minimum Gasteiger partial charge on any atom is -0.345 e. The molecule has 0 aliphatic rings. The molecular formula is C22H14F3I3N6. The average molecular weight is 800 g/mol. The van der Waals surface area contributed by atoms with Crippen LogP contribution < -0.4 is 0 Å². The number of halogens is 6. The lowest BCUT2D eigenvalue weighted by molar-refractivity contribution is 0.515. The molecule has 2 N–H and O–H groups in total. The third-order valence-electron chi connectivity index (χ3n) is 4.02. The molecule has 0 saturated carbocycles. The standard InChI is InChI=1S/2C8H7N3.C6F3I3/c2*1-2-7(6-9-3-1)8-10-4-5-11-8;7-1-4(10)2(8)6(12)3(9)5(1)11/h2*1-6H,(H,10,11);. The molecule has 4 heterocycles. The van der Waals surface area contributed by atoms with Gasteiger partial charge in [0.15, 0.2) is 17.5 Å². The van der Waals surface area contributed by atoms with Crippen molar-refractivity contribution in [2.75, 3.05) is 0 Å². The van der Waals surface area contributed by atoms with Gasteiger partial charge in [-0.25, -0.2) is 23.1 Å². The normalized spacial score (nSPS) is 10.1. The first-order valence-corrected chi connectivity index (χ1v) is 12.6. The minimum atomic E-state index is -0.827. The fourth-order valence-electron chi connectivity index (χ4n) is 2.43. The van der Waals surface area contributed by atoms with Gasteiger partial charge in [0.05, 0.1) is 10.7 Å². The van der Waals surface area contributed by atoms with Crippen molar-refractivity contribution in [1.29, 1.82) is 0 Å². The topological polar surface area (TPSA) is 83.1 Å². The largest absolute Gasteiger partial charge is 0.345 e. The molecule has 34 heavy (non-hydrogen) atoms. The summed E-state index contributed by atoms with van der Waals surface area (Å²) in [6.07, 6.45) is 14.1. The Hall–Kier alpha value is -2.08. The summed E-state index contributed by atoms with van der Waals surface area (Å²) >= 11 is 4.53. The first-order valence-electron chi connectivity index (χ1n) is 9.36. The predicted octanol–water partition coefficient (Wildman–Crippen LogP) is 6.86. The minimum absolute atomic E-state index is 0.164. The van der Waals surface area contributed by atoms with Crippen molar-refractivity contribution in [3.05, 3.63) is 102 Å². The van der Waals surface area contributed by atoms with Gasteiger partial charge in [-0.1, -0.05) is 0 Å². The van der Waals surface area contributed by atoms with Gasteiger partial charge in [-0.3, -0.25) is 9.97 Å². The van der Waals surface area contributed by atoms with Gasteiger partial charge >= 0.3 is 0 Å². The van der Waals surface area contributed by atoms with Crippen molar-refractivity contribution in [3.63, 3.8) is 0 Å². The summed E-state index contributed by atoms with van der Waals surface area (Å²) in [5.41, 5.74) is 2.02. The van der Waals surface area contributed by atoms with E-state index in [0.29, 0.717) is 0 Å². The number of nitrogens with zero attached hydrogens (tertiary/aromatic N) is 4. The van der Waals surface area contributed by atoms with Gasteiger partial charge in [0.2, 0.25) is 0 Å². The van der Waals surface area contributed by atoms with Crippen LogP contribution in [0.3, 0.4) is 0 Å². The highest BCUT2D eigenvalue weighted by Crippen LogP contribution is 2.28. The number of imidazole rings is 2. The SMILES string of the molecule is Fc1c(I)c(F)c(I)c(F)c1I.c1cncc(-c2ncc[nH]2)c1.c1cncc(-c2ncc[nH]2)c1. The molecule has 0 bridgehead atoms. The average Bonchev–Trinajstić information content (AvgIpc) is 3.62. The Morgan fingerprint density at radius 2 is 0.971 bits per heavy atom. The van der Waals surface area contributed by atoms with E-state index in [0.717, 1.165) is 22.8 Å². The third-order valence-corrected chi connectivity index (χ3v) is 6.86. The van der Waals surface area contributed by atoms with E-state index < -0.39 is 17.5 Å². The molecule has 0 radical (unpaired) electrons. The number of H-pyrrole nitrogens is 2. The van der Waals surface area contributed by atoms with Crippen LogP contribution in [0.25, 0.3) is 22.8 Å². The van der Waals surface area contributed by atoms with Gasteiger partial charge in [0, 0.05) is 60.7 Å². The number of pyridine rings is 2.